The van der Waals surface area contributed by atoms with E-state index in [1.807, 2.05) is 45.7 Å². The van der Waals surface area contributed by atoms with Gasteiger partial charge in [-0.15, -0.1) is 0 Å². The molecule has 0 unspecified atom stereocenters. The molecule has 0 bridgehead atoms. The van der Waals surface area contributed by atoms with Gasteiger partial charge in [0.2, 0.25) is 11.8 Å². The summed E-state index contributed by atoms with van der Waals surface area (Å²) in [5.74, 6) is 0.399. The van der Waals surface area contributed by atoms with Gasteiger partial charge in [-0.05, 0) is 43.7 Å². The number of hydrogen-bond acceptors (Lipinski definition) is 4. The summed E-state index contributed by atoms with van der Waals surface area (Å²) in [6, 6.07) is 5.68. The molecule has 4 heterocycles. The molecule has 2 aliphatic rings. The van der Waals surface area contributed by atoms with Crippen LogP contribution < -0.4 is 0 Å². The molecule has 0 radical (unpaired) electrons. The number of pyridine rings is 1. The Kier molecular flexibility index (Phi) is 5.65. The molecule has 0 saturated carbocycles. The van der Waals surface area contributed by atoms with Crippen LogP contribution in [-0.2, 0) is 16.0 Å². The molecule has 29 heavy (non-hydrogen) atoms. The number of carbonyl (C=O) groups is 2. The summed E-state index contributed by atoms with van der Waals surface area (Å²) < 4.78 is 1.85. The Morgan fingerprint density at radius 3 is 2.72 bits per heavy atom. The van der Waals surface area contributed by atoms with Crippen LogP contribution in [-0.4, -0.2) is 62.3 Å². The van der Waals surface area contributed by atoms with Crippen LogP contribution in [0, 0.1) is 5.41 Å². The number of imidazole rings is 1. The third-order valence-electron chi connectivity index (χ3n) is 6.58. The van der Waals surface area contributed by atoms with Crippen LogP contribution in [0.4, 0.5) is 0 Å². The third-order valence-corrected chi connectivity index (χ3v) is 6.58. The number of nitrogens with zero attached hydrogens (tertiary/aromatic N) is 5. The molecule has 1 atom stereocenters. The van der Waals surface area contributed by atoms with E-state index < -0.39 is 0 Å². The van der Waals surface area contributed by atoms with Crippen molar-refractivity contribution in [3.8, 4) is 0 Å². The van der Waals surface area contributed by atoms with E-state index >= 15 is 0 Å². The molecular formula is C22H29N5O2. The van der Waals surface area contributed by atoms with Crippen LogP contribution >= 0.6 is 0 Å². The van der Waals surface area contributed by atoms with E-state index in [0.717, 1.165) is 57.6 Å². The molecule has 2 amide bonds. The maximum atomic E-state index is 12.8. The Labute approximate surface area is 171 Å². The summed E-state index contributed by atoms with van der Waals surface area (Å²) in [6.45, 7) is 4.98. The van der Waals surface area contributed by atoms with Gasteiger partial charge >= 0.3 is 0 Å². The average molecular weight is 396 g/mol. The van der Waals surface area contributed by atoms with Gasteiger partial charge in [0.25, 0.3) is 0 Å². The molecule has 7 nitrogen and oxygen atoms in total. The van der Waals surface area contributed by atoms with E-state index in [1.165, 1.54) is 0 Å². The number of carbonyl (C=O) groups excluding carboxylic acids is 2. The van der Waals surface area contributed by atoms with Crippen LogP contribution in [0.25, 0.3) is 0 Å². The lowest BCUT2D eigenvalue weighted by Gasteiger charge is -2.47. The Bertz CT molecular complexity index is 828. The van der Waals surface area contributed by atoms with Crippen LogP contribution in [0.2, 0.25) is 0 Å². The summed E-state index contributed by atoms with van der Waals surface area (Å²) in [5.41, 5.74) is 1.17. The topological polar surface area (TPSA) is 71.3 Å². The van der Waals surface area contributed by atoms with Crippen molar-refractivity contribution in [3.63, 3.8) is 0 Å². The molecule has 2 aromatic rings. The molecule has 7 heteroatoms. The minimum atomic E-state index is -0.227. The smallest absolute Gasteiger partial charge is 0.245 e. The first-order chi connectivity index (χ1) is 14.1. The summed E-state index contributed by atoms with van der Waals surface area (Å²) in [6.07, 6.45) is 11.3. The second-order valence-corrected chi connectivity index (χ2v) is 8.40. The molecule has 0 aliphatic carbocycles. The molecule has 2 aromatic heterocycles. The van der Waals surface area contributed by atoms with Gasteiger partial charge in [-0.1, -0.05) is 6.07 Å². The number of aromatic nitrogens is 3. The standard InChI is InChI=1S/C22H29N5O2/c1-18(27-15-11-23-17-27)21(29)25-13-8-22(9-14-25)7-5-20(28)26(16-22)12-6-19-4-2-3-10-24-19/h2-4,10-11,15,17-18H,5-9,12-14,16H2,1H3/t18-/m1/s1. The zero-order valence-electron chi connectivity index (χ0n) is 17.0. The van der Waals surface area contributed by atoms with Crippen molar-refractivity contribution in [2.75, 3.05) is 26.2 Å². The summed E-state index contributed by atoms with van der Waals surface area (Å²) in [4.78, 5) is 37.7. The quantitative estimate of drug-likeness (QED) is 0.779. The zero-order valence-corrected chi connectivity index (χ0v) is 17.0. The van der Waals surface area contributed by atoms with Crippen molar-refractivity contribution in [2.45, 2.75) is 45.1 Å². The largest absolute Gasteiger partial charge is 0.342 e. The lowest BCUT2D eigenvalue weighted by atomic mass is 9.72. The van der Waals surface area contributed by atoms with Gasteiger partial charge in [-0.25, -0.2) is 4.98 Å². The van der Waals surface area contributed by atoms with E-state index in [9.17, 15) is 9.59 Å². The van der Waals surface area contributed by atoms with Gasteiger partial charge < -0.3 is 14.4 Å². The maximum absolute atomic E-state index is 12.8. The minimum Gasteiger partial charge on any atom is -0.342 e. The molecule has 4 rings (SSSR count). The fourth-order valence-corrected chi connectivity index (χ4v) is 4.60. The average Bonchev–Trinajstić information content (AvgIpc) is 3.30. The fourth-order valence-electron chi connectivity index (χ4n) is 4.60. The van der Waals surface area contributed by atoms with Crippen LogP contribution in [0.3, 0.4) is 0 Å². The van der Waals surface area contributed by atoms with Crippen molar-refractivity contribution in [2.24, 2.45) is 5.41 Å². The van der Waals surface area contributed by atoms with Gasteiger partial charge in [-0.3, -0.25) is 14.6 Å². The van der Waals surface area contributed by atoms with E-state index in [0.29, 0.717) is 6.42 Å². The molecule has 154 valence electrons. The predicted molar refractivity (Wildman–Crippen MR) is 109 cm³/mol. The number of rotatable bonds is 5. The SMILES string of the molecule is C[C@H](C(=O)N1CCC2(CCC(=O)N(CCc3ccccn3)C2)CC1)n1ccnc1. The molecule has 1 spiro atoms. The fraction of sp³-hybridized carbons (Fsp3) is 0.545. The van der Waals surface area contributed by atoms with Crippen LogP contribution in [0.1, 0.15) is 44.3 Å². The number of hydrogen-bond donors (Lipinski definition) is 0. The lowest BCUT2D eigenvalue weighted by molar-refractivity contribution is -0.143. The van der Waals surface area contributed by atoms with Crippen LogP contribution in [0.15, 0.2) is 43.1 Å². The monoisotopic (exact) mass is 395 g/mol. The third kappa shape index (κ3) is 4.33. The second-order valence-electron chi connectivity index (χ2n) is 8.40. The highest BCUT2D eigenvalue weighted by Crippen LogP contribution is 2.40. The normalized spacial score (nSPS) is 20.1. The van der Waals surface area contributed by atoms with E-state index in [4.69, 9.17) is 0 Å². The number of likely N-dealkylation sites (tertiary alicyclic amines) is 2. The second kappa shape index (κ2) is 8.35. The molecule has 0 aromatic carbocycles. The van der Waals surface area contributed by atoms with E-state index in [-0.39, 0.29) is 23.3 Å². The molecule has 2 saturated heterocycles. The molecule has 2 fully saturated rings. The highest BCUT2D eigenvalue weighted by molar-refractivity contribution is 5.80. The van der Waals surface area contributed by atoms with E-state index in [2.05, 4.69) is 9.97 Å². The Morgan fingerprint density at radius 2 is 2.03 bits per heavy atom. The van der Waals surface area contributed by atoms with Crippen molar-refractivity contribution in [1.29, 1.82) is 0 Å². The lowest BCUT2D eigenvalue weighted by Crippen LogP contribution is -2.53. The first-order valence-corrected chi connectivity index (χ1v) is 10.5. The highest BCUT2D eigenvalue weighted by atomic mass is 16.2. The summed E-state index contributed by atoms with van der Waals surface area (Å²) in [7, 11) is 0. The number of piperidine rings is 2. The van der Waals surface area contributed by atoms with Gasteiger partial charge in [-0.2, -0.15) is 0 Å². The summed E-state index contributed by atoms with van der Waals surface area (Å²) in [5, 5.41) is 0. The predicted octanol–water partition coefficient (Wildman–Crippen LogP) is 2.31. The van der Waals surface area contributed by atoms with Gasteiger partial charge in [0.05, 0.1) is 6.33 Å². The first kappa shape index (κ1) is 19.6. The highest BCUT2D eigenvalue weighted by Gasteiger charge is 2.42. The Morgan fingerprint density at radius 1 is 1.21 bits per heavy atom. The maximum Gasteiger partial charge on any atom is 0.245 e. The minimum absolute atomic E-state index is 0.146. The molecular weight excluding hydrogens is 366 g/mol. The number of amides is 2. The van der Waals surface area contributed by atoms with Gasteiger partial charge in [0.15, 0.2) is 0 Å². The van der Waals surface area contributed by atoms with Gasteiger partial charge in [0.1, 0.15) is 6.04 Å². The first-order valence-electron chi connectivity index (χ1n) is 10.5. The van der Waals surface area contributed by atoms with Crippen LogP contribution in [0.5, 0.6) is 0 Å². The van der Waals surface area contributed by atoms with Crippen molar-refractivity contribution >= 4 is 11.8 Å². The molecule has 2 aliphatic heterocycles. The van der Waals surface area contributed by atoms with Crippen molar-refractivity contribution in [1.82, 2.24) is 24.3 Å². The van der Waals surface area contributed by atoms with Crippen molar-refractivity contribution in [3.05, 3.63) is 48.8 Å². The van der Waals surface area contributed by atoms with Crippen molar-refractivity contribution < 1.29 is 9.59 Å². The molecule has 0 N–H and O–H groups in total. The Balaban J connectivity index is 1.33. The Hall–Kier alpha value is -2.70. The zero-order chi connectivity index (χ0) is 20.3. The summed E-state index contributed by atoms with van der Waals surface area (Å²) >= 11 is 0. The van der Waals surface area contributed by atoms with Gasteiger partial charge in [0, 0.05) is 63.3 Å². The van der Waals surface area contributed by atoms with E-state index in [1.54, 1.807) is 18.7 Å².